The van der Waals surface area contributed by atoms with E-state index < -0.39 is 0 Å². The Morgan fingerprint density at radius 3 is 2.87 bits per heavy atom. The van der Waals surface area contributed by atoms with Gasteiger partial charge in [0, 0.05) is 41.7 Å². The molecule has 0 aliphatic carbocycles. The Morgan fingerprint density at radius 1 is 1.23 bits per heavy atom. The minimum absolute atomic E-state index is 0.148. The summed E-state index contributed by atoms with van der Waals surface area (Å²) in [5.74, 6) is -0.345. The van der Waals surface area contributed by atoms with E-state index in [0.717, 1.165) is 43.3 Å². The number of rotatable bonds is 5. The molecule has 2 aliphatic rings. The van der Waals surface area contributed by atoms with E-state index in [4.69, 9.17) is 16.3 Å². The number of carbonyl (C=O) groups excluding carboxylic acids is 2. The number of anilines is 1. The number of thioether (sulfide) groups is 1. The van der Waals surface area contributed by atoms with Crippen LogP contribution in [0.1, 0.15) is 15.9 Å². The summed E-state index contributed by atoms with van der Waals surface area (Å²) in [4.78, 5) is 28.8. The monoisotopic (exact) mass is 443 g/mol. The lowest BCUT2D eigenvalue weighted by atomic mass is 10.1. The quantitative estimate of drug-likeness (QED) is 0.692. The molecular weight excluding hydrogens is 422 g/mol. The average Bonchev–Trinajstić information content (AvgIpc) is 2.75. The van der Waals surface area contributed by atoms with Crippen LogP contribution in [0.2, 0.25) is 5.02 Å². The third-order valence-corrected chi connectivity index (χ3v) is 6.23. The van der Waals surface area contributed by atoms with E-state index >= 15 is 0 Å². The van der Waals surface area contributed by atoms with E-state index in [1.807, 2.05) is 24.3 Å². The molecule has 2 heterocycles. The Kier molecular flexibility index (Phi) is 6.74. The topological polar surface area (TPSA) is 70.7 Å². The van der Waals surface area contributed by atoms with E-state index in [1.165, 1.54) is 11.8 Å². The zero-order valence-electron chi connectivity index (χ0n) is 16.3. The third-order valence-electron chi connectivity index (χ3n) is 4.90. The summed E-state index contributed by atoms with van der Waals surface area (Å²) in [5.41, 5.74) is 2.04. The summed E-state index contributed by atoms with van der Waals surface area (Å²) in [5, 5.41) is 6.45. The molecule has 2 aromatic carbocycles. The standard InChI is InChI=1S/C22H22ClN3O3S/c23-17-3-1-2-15(12-17)13-20-22(28)25-18-14-16(4-5-19(18)30-20)21(27)24-6-7-26-8-10-29-11-9-26/h1-5,12-14H,6-11H2,(H,24,27)(H,25,28)/b20-13+. The van der Waals surface area contributed by atoms with E-state index in [9.17, 15) is 9.59 Å². The van der Waals surface area contributed by atoms with Gasteiger partial charge < -0.3 is 15.4 Å². The van der Waals surface area contributed by atoms with Gasteiger partial charge in [0.25, 0.3) is 11.8 Å². The van der Waals surface area contributed by atoms with Gasteiger partial charge in [0.2, 0.25) is 0 Å². The number of morpholine rings is 1. The van der Waals surface area contributed by atoms with E-state index in [0.29, 0.717) is 27.7 Å². The van der Waals surface area contributed by atoms with Crippen LogP contribution in [0.5, 0.6) is 0 Å². The van der Waals surface area contributed by atoms with Crippen LogP contribution >= 0.6 is 23.4 Å². The van der Waals surface area contributed by atoms with Gasteiger partial charge >= 0.3 is 0 Å². The molecule has 0 atom stereocenters. The molecule has 1 fully saturated rings. The molecule has 6 nitrogen and oxygen atoms in total. The number of ether oxygens (including phenoxy) is 1. The lowest BCUT2D eigenvalue weighted by molar-refractivity contribution is -0.112. The van der Waals surface area contributed by atoms with Crippen molar-refractivity contribution >= 4 is 46.9 Å². The second-order valence-electron chi connectivity index (χ2n) is 7.04. The number of fused-ring (bicyclic) bond motifs is 1. The summed E-state index contributed by atoms with van der Waals surface area (Å²) in [7, 11) is 0. The minimum Gasteiger partial charge on any atom is -0.379 e. The molecule has 0 aromatic heterocycles. The van der Waals surface area contributed by atoms with Gasteiger partial charge in [-0.3, -0.25) is 14.5 Å². The fourth-order valence-corrected chi connectivity index (χ4v) is 4.43. The van der Waals surface area contributed by atoms with Gasteiger partial charge in [-0.25, -0.2) is 0 Å². The number of amides is 2. The van der Waals surface area contributed by atoms with Gasteiger partial charge in [-0.05, 0) is 42.0 Å². The Morgan fingerprint density at radius 2 is 2.07 bits per heavy atom. The van der Waals surface area contributed by atoms with Crippen LogP contribution in [-0.2, 0) is 9.53 Å². The number of carbonyl (C=O) groups is 2. The highest BCUT2D eigenvalue weighted by Crippen LogP contribution is 2.39. The lowest BCUT2D eigenvalue weighted by Crippen LogP contribution is -2.41. The summed E-state index contributed by atoms with van der Waals surface area (Å²) in [6.45, 7) is 4.63. The number of nitrogens with zero attached hydrogens (tertiary/aromatic N) is 1. The maximum absolute atomic E-state index is 12.5. The zero-order chi connectivity index (χ0) is 20.9. The van der Waals surface area contributed by atoms with Crippen LogP contribution in [-0.4, -0.2) is 56.1 Å². The summed E-state index contributed by atoms with van der Waals surface area (Å²) >= 11 is 7.40. The normalized spacial score (nSPS) is 18.0. The predicted molar refractivity (Wildman–Crippen MR) is 120 cm³/mol. The molecule has 0 radical (unpaired) electrons. The Bertz CT molecular complexity index is 989. The zero-order valence-corrected chi connectivity index (χ0v) is 17.9. The van der Waals surface area contributed by atoms with Crippen molar-refractivity contribution in [3.63, 3.8) is 0 Å². The van der Waals surface area contributed by atoms with Crippen LogP contribution in [0, 0.1) is 0 Å². The molecule has 0 spiro atoms. The highest BCUT2D eigenvalue weighted by atomic mass is 35.5. The summed E-state index contributed by atoms with van der Waals surface area (Å²) < 4.78 is 5.33. The van der Waals surface area contributed by atoms with Crippen molar-refractivity contribution in [2.75, 3.05) is 44.7 Å². The summed E-state index contributed by atoms with van der Waals surface area (Å²) in [6.07, 6.45) is 1.81. The molecule has 2 aliphatic heterocycles. The van der Waals surface area contributed by atoms with Crippen molar-refractivity contribution in [2.24, 2.45) is 0 Å². The van der Waals surface area contributed by atoms with Crippen molar-refractivity contribution in [3.05, 3.63) is 63.5 Å². The Balaban J connectivity index is 1.40. The number of benzene rings is 2. The van der Waals surface area contributed by atoms with Crippen LogP contribution in [0.15, 0.2) is 52.3 Å². The van der Waals surface area contributed by atoms with Gasteiger partial charge in [0.15, 0.2) is 0 Å². The largest absolute Gasteiger partial charge is 0.379 e. The van der Waals surface area contributed by atoms with Gasteiger partial charge in [0.05, 0.1) is 23.8 Å². The number of halogens is 1. The van der Waals surface area contributed by atoms with Gasteiger partial charge in [-0.15, -0.1) is 0 Å². The highest BCUT2D eigenvalue weighted by molar-refractivity contribution is 8.04. The first-order valence-corrected chi connectivity index (χ1v) is 11.0. The second kappa shape index (κ2) is 9.66. The molecule has 4 rings (SSSR count). The molecule has 8 heteroatoms. The molecule has 30 heavy (non-hydrogen) atoms. The van der Waals surface area contributed by atoms with Crippen molar-refractivity contribution in [2.45, 2.75) is 4.90 Å². The average molecular weight is 444 g/mol. The van der Waals surface area contributed by atoms with Crippen LogP contribution < -0.4 is 10.6 Å². The van der Waals surface area contributed by atoms with Gasteiger partial charge in [0.1, 0.15) is 0 Å². The second-order valence-corrected chi connectivity index (χ2v) is 8.56. The number of nitrogens with one attached hydrogen (secondary N) is 2. The SMILES string of the molecule is O=C1Nc2cc(C(=O)NCCN3CCOCC3)ccc2S/C1=C/c1cccc(Cl)c1. The van der Waals surface area contributed by atoms with Crippen LogP contribution in [0.3, 0.4) is 0 Å². The molecule has 156 valence electrons. The third kappa shape index (κ3) is 5.23. The van der Waals surface area contributed by atoms with E-state index in [-0.39, 0.29) is 11.8 Å². The van der Waals surface area contributed by atoms with Crippen molar-refractivity contribution in [3.8, 4) is 0 Å². The maximum Gasteiger partial charge on any atom is 0.262 e. The Labute approximate surface area is 184 Å². The molecule has 2 amide bonds. The molecule has 2 N–H and O–H groups in total. The van der Waals surface area contributed by atoms with Gasteiger partial charge in [-0.1, -0.05) is 35.5 Å². The van der Waals surface area contributed by atoms with Crippen molar-refractivity contribution in [1.82, 2.24) is 10.2 Å². The van der Waals surface area contributed by atoms with Crippen molar-refractivity contribution < 1.29 is 14.3 Å². The van der Waals surface area contributed by atoms with Crippen molar-refractivity contribution in [1.29, 1.82) is 0 Å². The first-order chi connectivity index (χ1) is 14.6. The molecule has 0 saturated carbocycles. The molecular formula is C22H22ClN3O3S. The molecule has 2 aromatic rings. The first-order valence-electron chi connectivity index (χ1n) is 9.77. The van der Waals surface area contributed by atoms with E-state index in [2.05, 4.69) is 15.5 Å². The molecule has 0 bridgehead atoms. The Hall–Kier alpha value is -2.32. The number of hydrogen-bond acceptors (Lipinski definition) is 5. The molecule has 1 saturated heterocycles. The fourth-order valence-electron chi connectivity index (χ4n) is 3.30. The molecule has 0 unspecified atom stereocenters. The fraction of sp³-hybridized carbons (Fsp3) is 0.273. The highest BCUT2D eigenvalue weighted by Gasteiger charge is 2.22. The minimum atomic E-state index is -0.197. The smallest absolute Gasteiger partial charge is 0.262 e. The van der Waals surface area contributed by atoms with E-state index in [1.54, 1.807) is 24.3 Å². The summed E-state index contributed by atoms with van der Waals surface area (Å²) in [6, 6.07) is 12.7. The van der Waals surface area contributed by atoms with Crippen LogP contribution in [0.4, 0.5) is 5.69 Å². The first kappa shape index (κ1) is 20.9. The van der Waals surface area contributed by atoms with Gasteiger partial charge in [-0.2, -0.15) is 0 Å². The maximum atomic E-state index is 12.5. The lowest BCUT2D eigenvalue weighted by Gasteiger charge is -2.26. The predicted octanol–water partition coefficient (Wildman–Crippen LogP) is 3.49. The number of hydrogen-bond donors (Lipinski definition) is 2. The van der Waals surface area contributed by atoms with Crippen LogP contribution in [0.25, 0.3) is 6.08 Å².